The number of hydrogen-bond acceptors (Lipinski definition) is 4. The van der Waals surface area contributed by atoms with E-state index >= 15 is 0 Å². The van der Waals surface area contributed by atoms with E-state index in [-0.39, 0.29) is 17.2 Å². The van der Waals surface area contributed by atoms with E-state index in [1.807, 2.05) is 20.8 Å². The first-order valence-electron chi connectivity index (χ1n) is 6.32. The van der Waals surface area contributed by atoms with Crippen LogP contribution in [-0.4, -0.2) is 45.1 Å². The molecule has 5 nitrogen and oxygen atoms in total. The maximum Gasteiger partial charge on any atom is 0.327 e. The highest BCUT2D eigenvalue weighted by Gasteiger charge is 2.42. The van der Waals surface area contributed by atoms with Gasteiger partial charge in [-0.15, -0.1) is 11.8 Å². The van der Waals surface area contributed by atoms with Gasteiger partial charge >= 0.3 is 5.97 Å². The highest BCUT2D eigenvalue weighted by molar-refractivity contribution is 8.00. The van der Waals surface area contributed by atoms with Crippen LogP contribution in [-0.2, 0) is 9.59 Å². The first kappa shape index (κ1) is 15.3. The molecule has 0 aromatic carbocycles. The standard InChI is InChI=1S/C12H22N2O3S/c1-4-5-9-14(8(6-18-9)12(16)17)11(15)10(13)7(2)3/h7-10H,4-6,13H2,1-3H3,(H,16,17). The summed E-state index contributed by atoms with van der Waals surface area (Å²) in [7, 11) is 0. The lowest BCUT2D eigenvalue weighted by atomic mass is 10.0. The Hall–Kier alpha value is -0.750. The van der Waals surface area contributed by atoms with Gasteiger partial charge in [-0.3, -0.25) is 4.79 Å². The molecule has 0 saturated carbocycles. The molecule has 0 aromatic heterocycles. The van der Waals surface area contributed by atoms with E-state index in [0.717, 1.165) is 12.8 Å². The summed E-state index contributed by atoms with van der Waals surface area (Å²) >= 11 is 1.54. The third-order valence-corrected chi connectivity index (χ3v) is 4.53. The third kappa shape index (κ3) is 3.17. The average molecular weight is 274 g/mol. The minimum absolute atomic E-state index is 0.0137. The fraction of sp³-hybridized carbons (Fsp3) is 0.833. The number of nitrogens with two attached hydrogens (primary N) is 1. The van der Waals surface area contributed by atoms with Crippen molar-refractivity contribution in [1.82, 2.24) is 4.90 Å². The summed E-state index contributed by atoms with van der Waals surface area (Å²) in [5.41, 5.74) is 5.87. The van der Waals surface area contributed by atoms with Gasteiger partial charge in [0.2, 0.25) is 5.91 Å². The predicted molar refractivity (Wildman–Crippen MR) is 72.2 cm³/mol. The highest BCUT2D eigenvalue weighted by Crippen LogP contribution is 2.33. The summed E-state index contributed by atoms with van der Waals surface area (Å²) in [6.07, 6.45) is 1.73. The van der Waals surface area contributed by atoms with Gasteiger partial charge in [0.1, 0.15) is 6.04 Å². The fourth-order valence-corrected chi connectivity index (χ4v) is 3.50. The van der Waals surface area contributed by atoms with Crippen LogP contribution in [0.15, 0.2) is 0 Å². The van der Waals surface area contributed by atoms with Crippen molar-refractivity contribution in [2.45, 2.75) is 51.1 Å². The van der Waals surface area contributed by atoms with Crippen molar-refractivity contribution < 1.29 is 14.7 Å². The minimum Gasteiger partial charge on any atom is -0.480 e. The van der Waals surface area contributed by atoms with Gasteiger partial charge in [-0.05, 0) is 12.3 Å². The summed E-state index contributed by atoms with van der Waals surface area (Å²) in [6.45, 7) is 5.77. The second-order valence-corrected chi connectivity index (χ2v) is 6.16. The van der Waals surface area contributed by atoms with Crippen LogP contribution in [0.1, 0.15) is 33.6 Å². The van der Waals surface area contributed by atoms with Crippen LogP contribution in [0.3, 0.4) is 0 Å². The Balaban J connectivity index is 2.89. The number of rotatable bonds is 5. The van der Waals surface area contributed by atoms with E-state index in [4.69, 9.17) is 5.73 Å². The Kier molecular flexibility index (Phi) is 5.47. The molecule has 0 spiro atoms. The highest BCUT2D eigenvalue weighted by atomic mass is 32.2. The zero-order valence-electron chi connectivity index (χ0n) is 11.1. The topological polar surface area (TPSA) is 83.6 Å². The number of carbonyl (C=O) groups excluding carboxylic acids is 1. The molecule has 1 aliphatic heterocycles. The zero-order valence-corrected chi connectivity index (χ0v) is 11.9. The van der Waals surface area contributed by atoms with Crippen molar-refractivity contribution in [2.75, 3.05) is 5.75 Å². The largest absolute Gasteiger partial charge is 0.480 e. The summed E-state index contributed by atoms with van der Waals surface area (Å²) < 4.78 is 0. The fourth-order valence-electron chi connectivity index (χ4n) is 1.98. The lowest BCUT2D eigenvalue weighted by molar-refractivity contribution is -0.150. The van der Waals surface area contributed by atoms with E-state index in [1.165, 1.54) is 16.7 Å². The first-order chi connectivity index (χ1) is 8.40. The number of amides is 1. The van der Waals surface area contributed by atoms with Crippen LogP contribution < -0.4 is 5.73 Å². The van der Waals surface area contributed by atoms with Crippen LogP contribution in [0.4, 0.5) is 0 Å². The Morgan fingerprint density at radius 2 is 2.11 bits per heavy atom. The normalized spacial score (nSPS) is 25.5. The first-order valence-corrected chi connectivity index (χ1v) is 7.37. The summed E-state index contributed by atoms with van der Waals surface area (Å²) in [5, 5.41) is 9.14. The van der Waals surface area contributed by atoms with Crippen molar-refractivity contribution in [2.24, 2.45) is 11.7 Å². The molecule has 1 fully saturated rings. The van der Waals surface area contributed by atoms with Crippen molar-refractivity contribution in [1.29, 1.82) is 0 Å². The second-order valence-electron chi connectivity index (χ2n) is 4.95. The lowest BCUT2D eigenvalue weighted by Gasteiger charge is -2.30. The summed E-state index contributed by atoms with van der Waals surface area (Å²) in [5.74, 6) is -0.706. The predicted octanol–water partition coefficient (Wildman–Crippen LogP) is 1.12. The van der Waals surface area contributed by atoms with Crippen molar-refractivity contribution in [3.63, 3.8) is 0 Å². The minimum atomic E-state index is -0.939. The number of aliphatic carboxylic acids is 1. The number of hydrogen-bond donors (Lipinski definition) is 2. The van der Waals surface area contributed by atoms with E-state index in [0.29, 0.717) is 5.75 Å². The average Bonchev–Trinajstić information content (AvgIpc) is 2.71. The van der Waals surface area contributed by atoms with Crippen LogP contribution >= 0.6 is 11.8 Å². The molecule has 1 saturated heterocycles. The Morgan fingerprint density at radius 1 is 1.50 bits per heavy atom. The number of nitrogens with zero attached hydrogens (tertiary/aromatic N) is 1. The number of carbonyl (C=O) groups is 2. The molecule has 0 aromatic rings. The summed E-state index contributed by atoms with van der Waals surface area (Å²) in [4.78, 5) is 25.0. The summed E-state index contributed by atoms with van der Waals surface area (Å²) in [6, 6.07) is -1.35. The molecule has 104 valence electrons. The Bertz CT molecular complexity index is 322. The van der Waals surface area contributed by atoms with Crippen molar-refractivity contribution >= 4 is 23.6 Å². The van der Waals surface area contributed by atoms with Gasteiger partial charge in [0, 0.05) is 5.75 Å². The van der Waals surface area contributed by atoms with Crippen molar-refractivity contribution in [3.05, 3.63) is 0 Å². The molecule has 0 radical (unpaired) electrons. The van der Waals surface area contributed by atoms with E-state index in [1.54, 1.807) is 0 Å². The molecular weight excluding hydrogens is 252 g/mol. The van der Waals surface area contributed by atoms with Gasteiger partial charge in [-0.2, -0.15) is 0 Å². The van der Waals surface area contributed by atoms with Gasteiger partial charge in [0.25, 0.3) is 0 Å². The van der Waals surface area contributed by atoms with E-state index in [9.17, 15) is 14.7 Å². The maximum atomic E-state index is 12.3. The zero-order chi connectivity index (χ0) is 13.9. The van der Waals surface area contributed by atoms with E-state index in [2.05, 4.69) is 0 Å². The van der Waals surface area contributed by atoms with E-state index < -0.39 is 18.1 Å². The maximum absolute atomic E-state index is 12.3. The van der Waals surface area contributed by atoms with Crippen LogP contribution in [0.5, 0.6) is 0 Å². The second kappa shape index (κ2) is 6.43. The molecule has 0 aliphatic carbocycles. The van der Waals surface area contributed by atoms with Gasteiger partial charge in [-0.25, -0.2) is 4.79 Å². The van der Waals surface area contributed by atoms with Crippen LogP contribution in [0, 0.1) is 5.92 Å². The number of thioether (sulfide) groups is 1. The molecule has 1 rings (SSSR count). The monoisotopic (exact) mass is 274 g/mol. The lowest BCUT2D eigenvalue weighted by Crippen LogP contribution is -2.53. The molecular formula is C12H22N2O3S. The van der Waals surface area contributed by atoms with Crippen molar-refractivity contribution in [3.8, 4) is 0 Å². The third-order valence-electron chi connectivity index (χ3n) is 3.17. The molecule has 3 atom stereocenters. The van der Waals surface area contributed by atoms with Crippen LogP contribution in [0.2, 0.25) is 0 Å². The smallest absolute Gasteiger partial charge is 0.327 e. The molecule has 6 heteroatoms. The Morgan fingerprint density at radius 3 is 2.56 bits per heavy atom. The Labute approximate surface area is 112 Å². The molecule has 18 heavy (non-hydrogen) atoms. The number of carboxylic acids is 1. The molecule has 1 aliphatic rings. The van der Waals surface area contributed by atoms with Crippen LogP contribution in [0.25, 0.3) is 0 Å². The van der Waals surface area contributed by atoms with Gasteiger partial charge in [-0.1, -0.05) is 27.2 Å². The molecule has 3 unspecified atom stereocenters. The quantitative estimate of drug-likeness (QED) is 0.785. The number of carboxylic acid groups (broad SMARTS) is 1. The SMILES string of the molecule is CCCC1SCC(C(=O)O)N1C(=O)C(N)C(C)C. The molecule has 0 bridgehead atoms. The van der Waals surface area contributed by atoms with Gasteiger partial charge in [0.05, 0.1) is 11.4 Å². The molecule has 1 amide bonds. The van der Waals surface area contributed by atoms with Gasteiger partial charge in [0.15, 0.2) is 0 Å². The van der Waals surface area contributed by atoms with Gasteiger partial charge < -0.3 is 15.7 Å². The molecule has 1 heterocycles. The molecule has 3 N–H and O–H groups in total.